The van der Waals surface area contributed by atoms with E-state index in [1.807, 2.05) is 0 Å². The molecule has 0 saturated carbocycles. The first-order valence-corrected chi connectivity index (χ1v) is 7.05. The average molecular weight is 867 g/mol. The molecule has 5 radical (unpaired) electrons. The minimum absolute atomic E-state index is 0. The topological polar surface area (TPSA) is 542 Å². The largest absolute Gasteiger partial charge is 3.00 e. The first kappa shape index (κ1) is 119. The van der Waals surface area contributed by atoms with E-state index in [0.717, 1.165) is 0 Å². The van der Waals surface area contributed by atoms with Crippen molar-refractivity contribution in [1.82, 2.24) is 0 Å². The van der Waals surface area contributed by atoms with Gasteiger partial charge in [-0.2, -0.15) is 0 Å². The van der Waals surface area contributed by atoms with Crippen LogP contribution in [0, 0.1) is 0 Å². The van der Waals surface area contributed by atoms with Gasteiger partial charge in [-0.3, -0.25) is 0 Å². The van der Waals surface area contributed by atoms with Crippen LogP contribution < -0.4 is 59.1 Å². The first-order chi connectivity index (χ1) is 10.8. The van der Waals surface area contributed by atoms with Crippen molar-refractivity contribution in [1.29, 1.82) is 0 Å². The molecule has 0 aromatic carbocycles. The molecule has 0 bridgehead atoms. The second kappa shape index (κ2) is 54.1. The van der Waals surface area contributed by atoms with Crippen LogP contribution in [0.25, 0.3) is 0 Å². The number of hydrogen-bond donors (Lipinski definition) is 8. The Labute approximate surface area is 336 Å². The van der Waals surface area contributed by atoms with E-state index >= 15 is 0 Å². The second-order valence-corrected chi connectivity index (χ2v) is 5.56. The van der Waals surface area contributed by atoms with E-state index in [1.165, 1.54) is 0 Å². The molecule has 0 unspecified atom stereocenters. The van der Waals surface area contributed by atoms with Crippen molar-refractivity contribution >= 4 is 0 Å². The summed E-state index contributed by atoms with van der Waals surface area (Å²) in [5, 5.41) is 76.7. The molecule has 0 spiro atoms. The average Bonchev–Trinajstić information content (AvgIpc) is 2.80. The summed E-state index contributed by atoms with van der Waals surface area (Å²) in [4.78, 5) is 0. The van der Waals surface area contributed by atoms with Gasteiger partial charge in [-0.1, -0.05) is 0 Å². The Morgan fingerprint density at radius 1 is 0.548 bits per heavy atom. The standard InChI is InChI=1S/C12H22O11.5Fe.2Na.4H2O.8O/c13-1-4-6(16)8(18)9(19)11(21-4)23-12(3-15)10(20)7(17)5(2-14)22-12;;;;;;;;;;;;;;;;;;;/h4-11,13-20H,1-3H2;;;;;;;;4*1H2;;;;;;;;/q;5*+3;2*+1;;;;;8*-2/p-1/t4-,5-,6-,7-,8+,9-,10+,11-,12+;;;;;;;;;;;;;;;;;;;/m1.................../s1. The molecule has 30 heteroatoms. The SMILES string of the molecule is O.O.O.OC[C@H]1O[C@@](CO)(O[C@H]2O[C@H](CO)[C@@H](O)[C@H](O)[C@H]2O)[C@@H](O)[C@@H]1O.[Fe+3].[Fe+3].[Fe+3].[Fe+3].[Fe+3].[Na+].[Na+].[O-2].[O-2].[O-2].[O-2].[O-2].[O-2].[O-2].[O-2].[OH-]. The van der Waals surface area contributed by atoms with Crippen LogP contribution in [-0.4, -0.2) is 137 Å². The zero-order chi connectivity index (χ0) is 17.4. The second-order valence-electron chi connectivity index (χ2n) is 5.56. The van der Waals surface area contributed by atoms with Crippen molar-refractivity contribution in [3.63, 3.8) is 0 Å². The molecule has 2 heterocycles. The fourth-order valence-electron chi connectivity index (χ4n) is 2.63. The summed E-state index contributed by atoms with van der Waals surface area (Å²) in [6.07, 6.45) is -12.7. The van der Waals surface area contributed by atoms with Crippen LogP contribution in [0.1, 0.15) is 0 Å². The Bertz CT molecular complexity index is 436. The number of aliphatic hydroxyl groups is 8. The third-order valence-electron chi connectivity index (χ3n) is 4.07. The monoisotopic (exact) mass is 867 g/mol. The van der Waals surface area contributed by atoms with E-state index < -0.39 is 74.6 Å². The molecule has 15 N–H and O–H groups in total. The molecule has 42 heavy (non-hydrogen) atoms. The Kier molecular flexibility index (Phi) is 153. The molecular formula is C12H29Fe5Na2O23. The number of aliphatic hydroxyl groups excluding tert-OH is 8. The van der Waals surface area contributed by atoms with Gasteiger partial charge in [0.2, 0.25) is 5.79 Å². The summed E-state index contributed by atoms with van der Waals surface area (Å²) < 4.78 is 15.4. The number of hydrogen-bond acceptors (Lipinski definition) is 12. The molecule has 23 nitrogen and oxygen atoms in total. The normalized spacial score (nSPS) is 28.0. The van der Waals surface area contributed by atoms with Crippen LogP contribution in [0.3, 0.4) is 0 Å². The molecule has 9 atom stereocenters. The van der Waals surface area contributed by atoms with Crippen molar-refractivity contribution in [3.05, 3.63) is 0 Å². The molecule has 2 aliphatic heterocycles. The van der Waals surface area contributed by atoms with Crippen LogP contribution in [-0.2, 0) is 143 Å². The van der Waals surface area contributed by atoms with Gasteiger partial charge in [-0.15, -0.1) is 0 Å². The minimum atomic E-state index is -2.22. The maximum Gasteiger partial charge on any atom is 3.00 e. The van der Waals surface area contributed by atoms with Gasteiger partial charge >= 0.3 is 144 Å². The zero-order valence-electron chi connectivity index (χ0n) is 21.0. The van der Waals surface area contributed by atoms with E-state index in [0.29, 0.717) is 0 Å². The molecule has 2 aliphatic rings. The van der Waals surface area contributed by atoms with Crippen LogP contribution in [0.4, 0.5) is 0 Å². The maximum absolute atomic E-state index is 10.00. The van der Waals surface area contributed by atoms with Crippen molar-refractivity contribution in [3.8, 4) is 0 Å². The number of ether oxygens (including phenoxy) is 3. The molecule has 0 amide bonds. The molecule has 257 valence electrons. The predicted octanol–water partition coefficient (Wildman–Crippen LogP) is -15.0. The third-order valence-corrected chi connectivity index (χ3v) is 4.07. The van der Waals surface area contributed by atoms with Crippen LogP contribution in [0.2, 0.25) is 0 Å². The predicted molar refractivity (Wildman–Crippen MR) is 86.9 cm³/mol. The Morgan fingerprint density at radius 3 is 1.14 bits per heavy atom. The molecule has 0 aliphatic carbocycles. The van der Waals surface area contributed by atoms with E-state index in [9.17, 15) is 30.6 Å². The van der Waals surface area contributed by atoms with Gasteiger partial charge in [-0.05, 0) is 0 Å². The summed E-state index contributed by atoms with van der Waals surface area (Å²) >= 11 is 0. The van der Waals surface area contributed by atoms with E-state index in [4.69, 9.17) is 24.4 Å². The van der Waals surface area contributed by atoms with Crippen molar-refractivity contribution in [2.24, 2.45) is 0 Å². The van der Waals surface area contributed by atoms with E-state index in [1.54, 1.807) is 0 Å². The Hall–Kier alpha value is 3.68. The zero-order valence-corrected chi connectivity index (χ0v) is 30.5. The summed E-state index contributed by atoms with van der Waals surface area (Å²) in [6.45, 7) is -2.32. The third kappa shape index (κ3) is 26.6. The molecule has 0 aromatic heterocycles. The van der Waals surface area contributed by atoms with E-state index in [2.05, 4.69) is 0 Å². The fourth-order valence-corrected chi connectivity index (χ4v) is 2.63. The molecular weight excluding hydrogens is 837 g/mol. The summed E-state index contributed by atoms with van der Waals surface area (Å²) in [5.41, 5.74) is 0. The van der Waals surface area contributed by atoms with Crippen LogP contribution in [0.5, 0.6) is 0 Å². The molecule has 2 saturated heterocycles. The van der Waals surface area contributed by atoms with Gasteiger partial charge in [0.15, 0.2) is 6.29 Å². The van der Waals surface area contributed by atoms with Gasteiger partial charge in [0.05, 0.1) is 13.2 Å². The molecule has 2 fully saturated rings. The smallest absolute Gasteiger partial charge is 2.00 e. The van der Waals surface area contributed by atoms with Crippen molar-refractivity contribution in [2.45, 2.75) is 54.8 Å². The number of rotatable bonds is 5. The van der Waals surface area contributed by atoms with Crippen LogP contribution in [0.15, 0.2) is 0 Å². The summed E-state index contributed by atoms with van der Waals surface area (Å²) in [7, 11) is 0. The minimum Gasteiger partial charge on any atom is -2.00 e. The maximum atomic E-state index is 10.00. The van der Waals surface area contributed by atoms with Gasteiger partial charge in [0, 0.05) is 0 Å². The Balaban J connectivity index is -0.0000000189. The van der Waals surface area contributed by atoms with Crippen molar-refractivity contribution < 1.29 is 265 Å². The van der Waals surface area contributed by atoms with E-state index in [-0.39, 0.29) is 210 Å². The molecule has 0 aromatic rings. The fraction of sp³-hybridized carbons (Fsp3) is 1.00. The van der Waals surface area contributed by atoms with Gasteiger partial charge in [-0.25, -0.2) is 0 Å². The summed E-state index contributed by atoms with van der Waals surface area (Å²) in [6, 6.07) is 0. The van der Waals surface area contributed by atoms with Gasteiger partial charge in [0.1, 0.15) is 49.3 Å². The quantitative estimate of drug-likeness (QED) is 0.120. The van der Waals surface area contributed by atoms with Crippen LogP contribution >= 0.6 is 0 Å². The summed E-state index contributed by atoms with van der Waals surface area (Å²) in [5.74, 6) is -2.22. The first-order valence-electron chi connectivity index (χ1n) is 7.05. The van der Waals surface area contributed by atoms with Gasteiger partial charge < -0.3 is 121 Å². The van der Waals surface area contributed by atoms with Gasteiger partial charge in [0.25, 0.3) is 0 Å². The molecule has 2 rings (SSSR count). The Morgan fingerprint density at radius 2 is 0.881 bits per heavy atom. The van der Waals surface area contributed by atoms with Crippen molar-refractivity contribution in [2.75, 3.05) is 19.8 Å².